The summed E-state index contributed by atoms with van der Waals surface area (Å²) in [7, 11) is 0. The fourth-order valence-corrected chi connectivity index (χ4v) is 2.90. The Hall–Kier alpha value is -1.69. The van der Waals surface area contributed by atoms with Crippen LogP contribution in [0.15, 0.2) is 24.3 Å². The van der Waals surface area contributed by atoms with Crippen molar-refractivity contribution in [2.45, 2.75) is 20.0 Å². The second-order valence-electron chi connectivity index (χ2n) is 4.36. The molecule has 2 rings (SSSR count). The number of thiophene rings is 1. The van der Waals surface area contributed by atoms with Gasteiger partial charge in [-0.1, -0.05) is 6.07 Å². The summed E-state index contributed by atoms with van der Waals surface area (Å²) in [6.45, 7) is 3.44. The zero-order chi connectivity index (χ0) is 15.1. The van der Waals surface area contributed by atoms with Crippen molar-refractivity contribution >= 4 is 17.1 Å². The zero-order valence-corrected chi connectivity index (χ0v) is 11.5. The average Bonchev–Trinajstić information content (AvgIpc) is 2.66. The third-order valence-corrected chi connectivity index (χ3v) is 3.95. The van der Waals surface area contributed by atoms with E-state index in [1.807, 2.05) is 0 Å². The van der Waals surface area contributed by atoms with Crippen molar-refractivity contribution in [1.29, 1.82) is 0 Å². The molecule has 6 heteroatoms. The predicted molar refractivity (Wildman–Crippen MR) is 68.6 cm³/mol. The third kappa shape index (κ3) is 2.60. The summed E-state index contributed by atoms with van der Waals surface area (Å²) in [6.07, 6.45) is -4.82. The van der Waals surface area contributed by atoms with Crippen LogP contribution >= 0.6 is 11.3 Å². The Kier molecular flexibility index (Phi) is 3.69. The maximum Gasteiger partial charge on any atom is 0.419 e. The number of hydrogen-bond acceptors (Lipinski definition) is 2. The number of hydrogen-bond donors (Lipinski definition) is 0. The number of rotatable bonds is 2. The number of carbonyl (C=O) groups is 1. The van der Waals surface area contributed by atoms with E-state index in [0.29, 0.717) is 11.6 Å². The Balaban J connectivity index is 2.54. The van der Waals surface area contributed by atoms with Crippen LogP contribution in [0.2, 0.25) is 0 Å². The van der Waals surface area contributed by atoms with Gasteiger partial charge in [-0.05, 0) is 37.6 Å². The van der Waals surface area contributed by atoms with Crippen LogP contribution in [0.5, 0.6) is 0 Å². The summed E-state index contributed by atoms with van der Waals surface area (Å²) < 4.78 is 51.8. The van der Waals surface area contributed by atoms with Crippen molar-refractivity contribution in [2.24, 2.45) is 0 Å². The van der Waals surface area contributed by atoms with Crippen LogP contribution in [0.3, 0.4) is 0 Å². The number of halogens is 4. The van der Waals surface area contributed by atoms with E-state index in [2.05, 4.69) is 0 Å². The summed E-state index contributed by atoms with van der Waals surface area (Å²) in [5.41, 5.74) is -1.34. The first kappa shape index (κ1) is 14.7. The van der Waals surface area contributed by atoms with E-state index < -0.39 is 28.9 Å². The first-order valence-corrected chi connectivity index (χ1v) is 6.51. The molecule has 20 heavy (non-hydrogen) atoms. The molecule has 0 saturated heterocycles. The van der Waals surface area contributed by atoms with Gasteiger partial charge in [0, 0.05) is 4.88 Å². The van der Waals surface area contributed by atoms with Gasteiger partial charge >= 0.3 is 6.18 Å². The molecule has 0 unspecified atom stereocenters. The summed E-state index contributed by atoms with van der Waals surface area (Å²) in [6, 6.07) is 4.47. The molecule has 0 aliphatic rings. The molecule has 0 atom stereocenters. The van der Waals surface area contributed by atoms with Gasteiger partial charge in [-0.15, -0.1) is 11.3 Å². The fourth-order valence-electron chi connectivity index (χ4n) is 1.92. The maximum atomic E-state index is 13.9. The van der Waals surface area contributed by atoms with E-state index in [9.17, 15) is 22.4 Å². The Bertz CT molecular complexity index is 670. The molecule has 0 radical (unpaired) electrons. The minimum atomic E-state index is -4.82. The molecule has 0 N–H and O–H groups in total. The molecule has 1 heterocycles. The molecule has 1 aromatic carbocycles. The van der Waals surface area contributed by atoms with Crippen LogP contribution in [0.1, 0.15) is 31.2 Å². The normalized spacial score (nSPS) is 11.7. The van der Waals surface area contributed by atoms with Crippen LogP contribution in [0.4, 0.5) is 17.6 Å². The first-order chi connectivity index (χ1) is 9.21. The number of aryl methyl sites for hydroxylation is 2. The summed E-state index contributed by atoms with van der Waals surface area (Å²) in [4.78, 5) is 13.3. The second kappa shape index (κ2) is 5.01. The number of carbonyl (C=O) groups excluding carboxylic acids is 1. The molecule has 106 valence electrons. The Morgan fingerprint density at radius 3 is 2.35 bits per heavy atom. The quantitative estimate of drug-likeness (QED) is 0.578. The Morgan fingerprint density at radius 1 is 1.20 bits per heavy atom. The fraction of sp³-hybridized carbons (Fsp3) is 0.214. The summed E-state index contributed by atoms with van der Waals surface area (Å²) >= 11 is 1.14. The second-order valence-corrected chi connectivity index (χ2v) is 5.62. The summed E-state index contributed by atoms with van der Waals surface area (Å²) in [5.74, 6) is -2.24. The highest BCUT2D eigenvalue weighted by Crippen LogP contribution is 2.33. The molecule has 2 aromatic rings. The lowest BCUT2D eigenvalue weighted by atomic mass is 10.0. The molecule has 0 spiro atoms. The molecule has 0 aliphatic heterocycles. The molecule has 0 aliphatic carbocycles. The number of alkyl halides is 3. The molecule has 0 bridgehead atoms. The van der Waals surface area contributed by atoms with Gasteiger partial charge in [0.05, 0.1) is 16.0 Å². The monoisotopic (exact) mass is 302 g/mol. The van der Waals surface area contributed by atoms with Gasteiger partial charge in [0.2, 0.25) is 5.78 Å². The zero-order valence-electron chi connectivity index (χ0n) is 10.6. The van der Waals surface area contributed by atoms with Gasteiger partial charge in [-0.25, -0.2) is 4.39 Å². The molecule has 0 amide bonds. The average molecular weight is 302 g/mol. The molecule has 0 fully saturated rings. The standard InChI is InChI=1S/C14H10F4OS/c1-7-6-8(2)20-13(7)12(19)9-4-3-5-10(11(9)15)14(16,17)18/h3-6H,1-2H3. The third-order valence-electron chi connectivity index (χ3n) is 2.80. The van der Waals surface area contributed by atoms with Crippen molar-refractivity contribution in [2.75, 3.05) is 0 Å². The highest BCUT2D eigenvalue weighted by atomic mass is 32.1. The lowest BCUT2D eigenvalue weighted by Crippen LogP contribution is -2.12. The molecular weight excluding hydrogens is 292 g/mol. The van der Waals surface area contributed by atoms with E-state index in [1.54, 1.807) is 19.9 Å². The Labute approximate surface area is 116 Å². The van der Waals surface area contributed by atoms with Gasteiger partial charge in [0.15, 0.2) is 0 Å². The molecule has 1 nitrogen and oxygen atoms in total. The molecule has 0 saturated carbocycles. The van der Waals surface area contributed by atoms with Crippen LogP contribution in [0, 0.1) is 19.7 Å². The topological polar surface area (TPSA) is 17.1 Å². The van der Waals surface area contributed by atoms with Gasteiger partial charge in [0.25, 0.3) is 0 Å². The van der Waals surface area contributed by atoms with E-state index in [-0.39, 0.29) is 4.88 Å². The van der Waals surface area contributed by atoms with Crippen LogP contribution < -0.4 is 0 Å². The van der Waals surface area contributed by atoms with Gasteiger partial charge in [-0.3, -0.25) is 4.79 Å². The van der Waals surface area contributed by atoms with Crippen LogP contribution in [-0.2, 0) is 6.18 Å². The lowest BCUT2D eigenvalue weighted by molar-refractivity contribution is -0.140. The van der Waals surface area contributed by atoms with Crippen molar-refractivity contribution in [3.05, 3.63) is 56.5 Å². The van der Waals surface area contributed by atoms with E-state index in [1.165, 1.54) is 0 Å². The highest BCUT2D eigenvalue weighted by Gasteiger charge is 2.36. The van der Waals surface area contributed by atoms with Crippen LogP contribution in [0.25, 0.3) is 0 Å². The van der Waals surface area contributed by atoms with Gasteiger partial charge in [-0.2, -0.15) is 13.2 Å². The van der Waals surface area contributed by atoms with E-state index >= 15 is 0 Å². The number of ketones is 1. The largest absolute Gasteiger partial charge is 0.419 e. The maximum absolute atomic E-state index is 13.9. The van der Waals surface area contributed by atoms with Gasteiger partial charge < -0.3 is 0 Å². The lowest BCUT2D eigenvalue weighted by Gasteiger charge is -2.10. The minimum absolute atomic E-state index is 0.265. The first-order valence-electron chi connectivity index (χ1n) is 5.69. The SMILES string of the molecule is Cc1cc(C)c(C(=O)c2cccc(C(F)(F)F)c2F)s1. The van der Waals surface area contributed by atoms with Crippen LogP contribution in [-0.4, -0.2) is 5.78 Å². The predicted octanol–water partition coefficient (Wildman–Crippen LogP) is 4.75. The Morgan fingerprint density at radius 2 is 1.85 bits per heavy atom. The van der Waals surface area contributed by atoms with Crippen molar-refractivity contribution in [3.63, 3.8) is 0 Å². The van der Waals surface area contributed by atoms with Crippen molar-refractivity contribution in [3.8, 4) is 0 Å². The molecule has 1 aromatic heterocycles. The van der Waals surface area contributed by atoms with Gasteiger partial charge in [0.1, 0.15) is 5.82 Å². The summed E-state index contributed by atoms with van der Waals surface area (Å²) in [5, 5.41) is 0. The highest BCUT2D eigenvalue weighted by molar-refractivity contribution is 7.14. The van der Waals surface area contributed by atoms with Crippen molar-refractivity contribution in [1.82, 2.24) is 0 Å². The van der Waals surface area contributed by atoms with Crippen molar-refractivity contribution < 1.29 is 22.4 Å². The number of benzene rings is 1. The molecular formula is C14H10F4OS. The van der Waals surface area contributed by atoms with E-state index in [4.69, 9.17) is 0 Å². The van der Waals surface area contributed by atoms with E-state index in [0.717, 1.165) is 28.3 Å². The minimum Gasteiger partial charge on any atom is -0.288 e. The smallest absolute Gasteiger partial charge is 0.288 e.